The van der Waals surface area contributed by atoms with Crippen LogP contribution in [-0.4, -0.2) is 18.4 Å². The molecule has 0 saturated carbocycles. The quantitative estimate of drug-likeness (QED) is 0.835. The number of rotatable bonds is 5. The van der Waals surface area contributed by atoms with Gasteiger partial charge >= 0.3 is 0 Å². The summed E-state index contributed by atoms with van der Waals surface area (Å²) in [4.78, 5) is 28.1. The number of hydroxylamine groups is 1. The van der Waals surface area contributed by atoms with Gasteiger partial charge in [-0.05, 0) is 30.3 Å². The maximum absolute atomic E-state index is 11.6. The average Bonchev–Trinajstić information content (AvgIpc) is 2.48. The zero-order chi connectivity index (χ0) is 15.1. The number of carbonyl (C=O) groups excluding carboxylic acids is 2. The van der Waals surface area contributed by atoms with E-state index in [4.69, 9.17) is 16.4 Å². The molecule has 0 saturated heterocycles. The van der Waals surface area contributed by atoms with E-state index in [2.05, 4.69) is 10.8 Å². The molecule has 6 heteroatoms. The van der Waals surface area contributed by atoms with Crippen molar-refractivity contribution in [3.8, 4) is 0 Å². The molecular weight excluding hydrogens is 292 g/mol. The van der Waals surface area contributed by atoms with Crippen molar-refractivity contribution in [3.05, 3.63) is 65.2 Å². The van der Waals surface area contributed by atoms with Gasteiger partial charge in [0.1, 0.15) is 0 Å². The predicted molar refractivity (Wildman–Crippen MR) is 79.9 cm³/mol. The van der Waals surface area contributed by atoms with Crippen LogP contribution in [-0.2, 0) is 9.63 Å². The molecule has 0 radical (unpaired) electrons. The highest BCUT2D eigenvalue weighted by atomic mass is 35.5. The number of hydrogen-bond donors (Lipinski definition) is 2. The number of anilines is 1. The lowest BCUT2D eigenvalue weighted by Crippen LogP contribution is -2.29. The van der Waals surface area contributed by atoms with Gasteiger partial charge in [0.15, 0.2) is 6.61 Å². The molecule has 21 heavy (non-hydrogen) atoms. The van der Waals surface area contributed by atoms with Crippen LogP contribution in [0.3, 0.4) is 0 Å². The Morgan fingerprint density at radius 1 is 1.05 bits per heavy atom. The summed E-state index contributed by atoms with van der Waals surface area (Å²) >= 11 is 5.80. The molecule has 2 aromatic carbocycles. The third-order valence-electron chi connectivity index (χ3n) is 2.51. The molecule has 2 N–H and O–H groups in total. The minimum Gasteiger partial charge on any atom is -0.324 e. The Labute approximate surface area is 126 Å². The Kier molecular flexibility index (Phi) is 5.31. The Morgan fingerprint density at radius 2 is 1.81 bits per heavy atom. The molecule has 0 aliphatic rings. The molecule has 0 bridgehead atoms. The molecular formula is C15H13ClN2O3. The average molecular weight is 305 g/mol. The second kappa shape index (κ2) is 7.42. The van der Waals surface area contributed by atoms with Crippen LogP contribution in [0.2, 0.25) is 5.02 Å². The largest absolute Gasteiger partial charge is 0.324 e. The Morgan fingerprint density at radius 3 is 2.52 bits per heavy atom. The van der Waals surface area contributed by atoms with Crippen molar-refractivity contribution < 1.29 is 14.4 Å². The van der Waals surface area contributed by atoms with Gasteiger partial charge in [-0.1, -0.05) is 35.9 Å². The van der Waals surface area contributed by atoms with E-state index in [1.165, 1.54) is 0 Å². The standard InChI is InChI=1S/C15H13ClN2O3/c16-12-7-4-8-13(9-12)17-14(19)10-21-18-15(20)11-5-2-1-3-6-11/h1-9H,10H2,(H,17,19)(H,18,20). The van der Waals surface area contributed by atoms with Crippen molar-refractivity contribution in [2.45, 2.75) is 0 Å². The van der Waals surface area contributed by atoms with Crippen molar-refractivity contribution in [1.82, 2.24) is 5.48 Å². The third-order valence-corrected chi connectivity index (χ3v) is 2.75. The third kappa shape index (κ3) is 4.91. The molecule has 0 heterocycles. The SMILES string of the molecule is O=C(CONC(=O)c1ccccc1)Nc1cccc(Cl)c1. The molecule has 2 aromatic rings. The second-order valence-electron chi connectivity index (χ2n) is 4.14. The monoisotopic (exact) mass is 304 g/mol. The lowest BCUT2D eigenvalue weighted by Gasteiger charge is -2.07. The second-order valence-corrected chi connectivity index (χ2v) is 4.58. The van der Waals surface area contributed by atoms with Gasteiger partial charge in [0.2, 0.25) is 0 Å². The lowest BCUT2D eigenvalue weighted by atomic mass is 10.2. The molecule has 0 aliphatic heterocycles. The maximum atomic E-state index is 11.6. The maximum Gasteiger partial charge on any atom is 0.274 e. The molecule has 2 amide bonds. The molecule has 108 valence electrons. The summed E-state index contributed by atoms with van der Waals surface area (Å²) < 4.78 is 0. The molecule has 2 rings (SSSR count). The molecule has 0 aliphatic carbocycles. The van der Waals surface area contributed by atoms with Gasteiger partial charge in [0.25, 0.3) is 11.8 Å². The van der Waals surface area contributed by atoms with Crippen LogP contribution in [0.5, 0.6) is 0 Å². The van der Waals surface area contributed by atoms with Crippen molar-refractivity contribution in [1.29, 1.82) is 0 Å². The van der Waals surface area contributed by atoms with E-state index in [-0.39, 0.29) is 6.61 Å². The zero-order valence-electron chi connectivity index (χ0n) is 11.0. The molecule has 0 fully saturated rings. The summed E-state index contributed by atoms with van der Waals surface area (Å²) in [7, 11) is 0. The van der Waals surface area contributed by atoms with Gasteiger partial charge in [-0.25, -0.2) is 5.48 Å². The van der Waals surface area contributed by atoms with Crippen LogP contribution in [0, 0.1) is 0 Å². The normalized spacial score (nSPS) is 9.95. The number of amides is 2. The summed E-state index contributed by atoms with van der Waals surface area (Å²) in [5.74, 6) is -0.809. The first-order chi connectivity index (χ1) is 10.1. The van der Waals surface area contributed by atoms with Gasteiger partial charge in [0.05, 0.1) is 0 Å². The first-order valence-corrected chi connectivity index (χ1v) is 6.55. The van der Waals surface area contributed by atoms with Crippen molar-refractivity contribution in [2.24, 2.45) is 0 Å². The molecule has 0 unspecified atom stereocenters. The molecule has 0 atom stereocenters. The van der Waals surface area contributed by atoms with E-state index in [1.807, 2.05) is 0 Å². The predicted octanol–water partition coefficient (Wildman–Crippen LogP) is 2.64. The topological polar surface area (TPSA) is 67.4 Å². The van der Waals surface area contributed by atoms with E-state index in [9.17, 15) is 9.59 Å². The van der Waals surface area contributed by atoms with Crippen molar-refractivity contribution >= 4 is 29.1 Å². The molecule has 0 aromatic heterocycles. The fraction of sp³-hybridized carbons (Fsp3) is 0.0667. The number of benzene rings is 2. The first-order valence-electron chi connectivity index (χ1n) is 6.18. The lowest BCUT2D eigenvalue weighted by molar-refractivity contribution is -0.122. The van der Waals surface area contributed by atoms with Gasteiger partial charge in [-0.15, -0.1) is 0 Å². The van der Waals surface area contributed by atoms with E-state index >= 15 is 0 Å². The van der Waals surface area contributed by atoms with E-state index in [0.29, 0.717) is 16.3 Å². The summed E-state index contributed by atoms with van der Waals surface area (Å²) in [6.07, 6.45) is 0. The van der Waals surface area contributed by atoms with Gasteiger partial charge in [-0.3, -0.25) is 14.4 Å². The Hall–Kier alpha value is -2.37. The smallest absolute Gasteiger partial charge is 0.274 e. The Bertz CT molecular complexity index is 632. The van der Waals surface area contributed by atoms with E-state index in [0.717, 1.165) is 0 Å². The first kappa shape index (κ1) is 15.0. The zero-order valence-corrected chi connectivity index (χ0v) is 11.8. The van der Waals surface area contributed by atoms with Crippen LogP contribution >= 0.6 is 11.6 Å². The van der Waals surface area contributed by atoms with Crippen LogP contribution < -0.4 is 10.8 Å². The fourth-order valence-electron chi connectivity index (χ4n) is 1.58. The highest BCUT2D eigenvalue weighted by Gasteiger charge is 2.07. The number of halogens is 1. The minimum absolute atomic E-state index is 0.301. The van der Waals surface area contributed by atoms with Crippen LogP contribution in [0.1, 0.15) is 10.4 Å². The number of nitrogens with one attached hydrogen (secondary N) is 2. The number of carbonyl (C=O) groups is 2. The van der Waals surface area contributed by atoms with Crippen LogP contribution in [0.15, 0.2) is 54.6 Å². The fourth-order valence-corrected chi connectivity index (χ4v) is 1.77. The molecule has 0 spiro atoms. The highest BCUT2D eigenvalue weighted by Crippen LogP contribution is 2.14. The highest BCUT2D eigenvalue weighted by molar-refractivity contribution is 6.30. The molecule has 5 nitrogen and oxygen atoms in total. The Balaban J connectivity index is 1.76. The van der Waals surface area contributed by atoms with Gasteiger partial charge in [-0.2, -0.15) is 0 Å². The van der Waals surface area contributed by atoms with Gasteiger partial charge < -0.3 is 5.32 Å². The minimum atomic E-state index is -0.411. The van der Waals surface area contributed by atoms with E-state index in [1.54, 1.807) is 54.6 Å². The van der Waals surface area contributed by atoms with E-state index < -0.39 is 11.8 Å². The van der Waals surface area contributed by atoms with Crippen LogP contribution in [0.4, 0.5) is 5.69 Å². The summed E-state index contributed by atoms with van der Waals surface area (Å²) in [5, 5.41) is 3.12. The summed E-state index contributed by atoms with van der Waals surface area (Å²) in [6.45, 7) is -0.301. The summed E-state index contributed by atoms with van der Waals surface area (Å²) in [5.41, 5.74) is 3.21. The van der Waals surface area contributed by atoms with Gasteiger partial charge in [0, 0.05) is 16.3 Å². The van der Waals surface area contributed by atoms with Crippen molar-refractivity contribution in [2.75, 3.05) is 11.9 Å². The van der Waals surface area contributed by atoms with Crippen LogP contribution in [0.25, 0.3) is 0 Å². The number of hydrogen-bond acceptors (Lipinski definition) is 3. The summed E-state index contributed by atoms with van der Waals surface area (Å²) in [6, 6.07) is 15.3. The van der Waals surface area contributed by atoms with Crippen molar-refractivity contribution in [3.63, 3.8) is 0 Å².